The normalized spacial score (nSPS) is 24.6. The predicted molar refractivity (Wildman–Crippen MR) is 64.7 cm³/mol. The molecule has 5 nitrogen and oxygen atoms in total. The van der Waals surface area contributed by atoms with Crippen LogP contribution in [0.25, 0.3) is 0 Å². The Kier molecular flexibility index (Phi) is 3.47. The van der Waals surface area contributed by atoms with Gasteiger partial charge in [0, 0.05) is 12.6 Å². The topological polar surface area (TPSA) is 67.2 Å². The fourth-order valence-electron chi connectivity index (χ4n) is 2.30. The number of anilines is 1. The van der Waals surface area contributed by atoms with Gasteiger partial charge in [0.05, 0.1) is 5.41 Å². The third-order valence-electron chi connectivity index (χ3n) is 3.50. The largest absolute Gasteiger partial charge is 0.360 e. The highest BCUT2D eigenvalue weighted by molar-refractivity contribution is 5.94. The molecule has 0 aromatic carbocycles. The quantitative estimate of drug-likeness (QED) is 0.839. The molecule has 2 heterocycles. The Morgan fingerprint density at radius 1 is 1.71 bits per heavy atom. The number of piperidine rings is 1. The maximum Gasteiger partial charge on any atom is 0.233 e. The van der Waals surface area contributed by atoms with Crippen molar-refractivity contribution in [3.63, 3.8) is 0 Å². The molecule has 2 rings (SSSR count). The van der Waals surface area contributed by atoms with Gasteiger partial charge in [-0.15, -0.1) is 0 Å². The molecule has 0 bridgehead atoms. The molecule has 2 N–H and O–H groups in total. The molecule has 5 heteroatoms. The molecule has 0 saturated carbocycles. The van der Waals surface area contributed by atoms with Crippen LogP contribution in [0.15, 0.2) is 10.6 Å². The predicted octanol–water partition coefficient (Wildman–Crippen LogP) is 1.70. The van der Waals surface area contributed by atoms with Crippen molar-refractivity contribution < 1.29 is 9.32 Å². The molecule has 0 spiro atoms. The lowest BCUT2D eigenvalue weighted by Gasteiger charge is -2.35. The lowest BCUT2D eigenvalue weighted by molar-refractivity contribution is -0.126. The van der Waals surface area contributed by atoms with Gasteiger partial charge in [0.15, 0.2) is 5.82 Å². The second kappa shape index (κ2) is 4.87. The number of nitrogens with one attached hydrogen (secondary N) is 2. The summed E-state index contributed by atoms with van der Waals surface area (Å²) in [5, 5.41) is 9.92. The van der Waals surface area contributed by atoms with Crippen LogP contribution in [0.3, 0.4) is 0 Å². The van der Waals surface area contributed by atoms with Crippen LogP contribution >= 0.6 is 0 Å². The monoisotopic (exact) mass is 237 g/mol. The Balaban J connectivity index is 2.07. The maximum absolute atomic E-state index is 12.3. The SMILES string of the molecule is CCC1(C(=O)Nc2cc(C)on2)CCCNC1. The van der Waals surface area contributed by atoms with E-state index in [1.165, 1.54) is 0 Å². The molecule has 1 fully saturated rings. The number of rotatable bonds is 3. The summed E-state index contributed by atoms with van der Waals surface area (Å²) in [6, 6.07) is 1.73. The van der Waals surface area contributed by atoms with E-state index in [0.717, 1.165) is 32.4 Å². The van der Waals surface area contributed by atoms with Gasteiger partial charge in [0.1, 0.15) is 5.76 Å². The number of hydrogen-bond donors (Lipinski definition) is 2. The van der Waals surface area contributed by atoms with Crippen LogP contribution in [0, 0.1) is 12.3 Å². The molecule has 0 aliphatic carbocycles. The van der Waals surface area contributed by atoms with Crippen LogP contribution in [0.4, 0.5) is 5.82 Å². The summed E-state index contributed by atoms with van der Waals surface area (Å²) in [5.74, 6) is 1.25. The molecule has 94 valence electrons. The van der Waals surface area contributed by atoms with E-state index in [1.807, 2.05) is 0 Å². The highest BCUT2D eigenvalue weighted by atomic mass is 16.5. The first kappa shape index (κ1) is 12.1. The van der Waals surface area contributed by atoms with Crippen LogP contribution in [-0.4, -0.2) is 24.2 Å². The average molecular weight is 237 g/mol. The summed E-state index contributed by atoms with van der Waals surface area (Å²) in [6.07, 6.45) is 2.81. The van der Waals surface area contributed by atoms with Crippen molar-refractivity contribution in [2.75, 3.05) is 18.4 Å². The zero-order valence-corrected chi connectivity index (χ0v) is 10.4. The van der Waals surface area contributed by atoms with Gasteiger partial charge in [-0.2, -0.15) is 0 Å². The van der Waals surface area contributed by atoms with Gasteiger partial charge in [0.2, 0.25) is 5.91 Å². The Hall–Kier alpha value is -1.36. The second-order valence-corrected chi connectivity index (χ2v) is 4.69. The molecular weight excluding hydrogens is 218 g/mol. The maximum atomic E-state index is 12.3. The van der Waals surface area contributed by atoms with Gasteiger partial charge >= 0.3 is 0 Å². The van der Waals surface area contributed by atoms with E-state index in [-0.39, 0.29) is 11.3 Å². The third-order valence-corrected chi connectivity index (χ3v) is 3.50. The number of nitrogens with zero attached hydrogens (tertiary/aromatic N) is 1. The van der Waals surface area contributed by atoms with Crippen molar-refractivity contribution >= 4 is 11.7 Å². The van der Waals surface area contributed by atoms with Crippen LogP contribution in [0.2, 0.25) is 0 Å². The molecule has 17 heavy (non-hydrogen) atoms. The Labute approximate surface area is 101 Å². The zero-order chi connectivity index (χ0) is 12.3. The molecule has 1 amide bonds. The van der Waals surface area contributed by atoms with E-state index >= 15 is 0 Å². The van der Waals surface area contributed by atoms with Crippen molar-refractivity contribution in [3.8, 4) is 0 Å². The third kappa shape index (κ3) is 2.49. The minimum absolute atomic E-state index is 0.0421. The first-order valence-corrected chi connectivity index (χ1v) is 6.12. The lowest BCUT2D eigenvalue weighted by atomic mass is 9.77. The standard InChI is InChI=1S/C12H19N3O2/c1-3-12(5-4-6-13-8-12)11(16)14-10-7-9(2)17-15-10/h7,13H,3-6,8H2,1-2H3,(H,14,15,16). The van der Waals surface area contributed by atoms with Gasteiger partial charge in [-0.05, 0) is 32.7 Å². The van der Waals surface area contributed by atoms with Crippen molar-refractivity contribution in [1.82, 2.24) is 10.5 Å². The van der Waals surface area contributed by atoms with E-state index in [2.05, 4.69) is 22.7 Å². The van der Waals surface area contributed by atoms with Crippen molar-refractivity contribution in [2.45, 2.75) is 33.1 Å². The number of amides is 1. The van der Waals surface area contributed by atoms with Crippen molar-refractivity contribution in [1.29, 1.82) is 0 Å². The van der Waals surface area contributed by atoms with Gasteiger partial charge in [-0.25, -0.2) is 0 Å². The minimum atomic E-state index is -0.300. The summed E-state index contributed by atoms with van der Waals surface area (Å²) < 4.78 is 4.94. The molecule has 1 aromatic heterocycles. The lowest BCUT2D eigenvalue weighted by Crippen LogP contribution is -2.47. The van der Waals surface area contributed by atoms with Crippen LogP contribution in [0.5, 0.6) is 0 Å². The van der Waals surface area contributed by atoms with E-state index in [0.29, 0.717) is 11.6 Å². The van der Waals surface area contributed by atoms with E-state index in [4.69, 9.17) is 4.52 Å². The van der Waals surface area contributed by atoms with Gasteiger partial charge in [-0.1, -0.05) is 12.1 Å². The Morgan fingerprint density at radius 3 is 3.06 bits per heavy atom. The summed E-state index contributed by atoms with van der Waals surface area (Å²) in [5.41, 5.74) is -0.300. The second-order valence-electron chi connectivity index (χ2n) is 4.69. The molecule has 1 saturated heterocycles. The summed E-state index contributed by atoms with van der Waals surface area (Å²) >= 11 is 0. The molecule has 1 aromatic rings. The molecule has 1 atom stereocenters. The fraction of sp³-hybridized carbons (Fsp3) is 0.667. The van der Waals surface area contributed by atoms with E-state index in [1.54, 1.807) is 13.0 Å². The smallest absolute Gasteiger partial charge is 0.233 e. The first-order valence-electron chi connectivity index (χ1n) is 6.12. The molecular formula is C12H19N3O2. The summed E-state index contributed by atoms with van der Waals surface area (Å²) in [4.78, 5) is 12.3. The highest BCUT2D eigenvalue weighted by Crippen LogP contribution is 2.31. The minimum Gasteiger partial charge on any atom is -0.360 e. The highest BCUT2D eigenvalue weighted by Gasteiger charge is 2.38. The molecule has 0 radical (unpaired) electrons. The number of carbonyl (C=O) groups excluding carboxylic acids is 1. The Morgan fingerprint density at radius 2 is 2.53 bits per heavy atom. The van der Waals surface area contributed by atoms with Crippen LogP contribution < -0.4 is 10.6 Å². The van der Waals surface area contributed by atoms with Gasteiger partial charge in [0.25, 0.3) is 0 Å². The van der Waals surface area contributed by atoms with Crippen LogP contribution in [-0.2, 0) is 4.79 Å². The van der Waals surface area contributed by atoms with Crippen molar-refractivity contribution in [3.05, 3.63) is 11.8 Å². The number of carbonyl (C=O) groups is 1. The van der Waals surface area contributed by atoms with Gasteiger partial charge in [-0.3, -0.25) is 4.79 Å². The van der Waals surface area contributed by atoms with Gasteiger partial charge < -0.3 is 15.2 Å². The van der Waals surface area contributed by atoms with Crippen molar-refractivity contribution in [2.24, 2.45) is 5.41 Å². The zero-order valence-electron chi connectivity index (χ0n) is 10.4. The Bertz CT molecular complexity index is 394. The van der Waals surface area contributed by atoms with Crippen LogP contribution in [0.1, 0.15) is 31.9 Å². The first-order chi connectivity index (χ1) is 8.16. The van der Waals surface area contributed by atoms with E-state index < -0.39 is 0 Å². The number of hydrogen-bond acceptors (Lipinski definition) is 4. The molecule has 1 aliphatic heterocycles. The van der Waals surface area contributed by atoms with E-state index in [9.17, 15) is 4.79 Å². The number of aromatic nitrogens is 1. The fourth-order valence-corrected chi connectivity index (χ4v) is 2.30. The summed E-state index contributed by atoms with van der Waals surface area (Å²) in [6.45, 7) is 5.60. The molecule has 1 unspecified atom stereocenters. The average Bonchev–Trinajstić information content (AvgIpc) is 2.75. The molecule has 1 aliphatic rings. The number of aryl methyl sites for hydroxylation is 1. The summed E-state index contributed by atoms with van der Waals surface area (Å²) in [7, 11) is 0.